The van der Waals surface area contributed by atoms with Crippen LogP contribution in [0.25, 0.3) is 10.3 Å². The Morgan fingerprint density at radius 1 is 1.07 bits per heavy atom. The second-order valence-electron chi connectivity index (χ2n) is 15.0. The Balaban J connectivity index is 1.08. The predicted octanol–water partition coefficient (Wildman–Crippen LogP) is 4.01. The van der Waals surface area contributed by atoms with Gasteiger partial charge in [0.25, 0.3) is 11.8 Å². The van der Waals surface area contributed by atoms with Crippen molar-refractivity contribution in [3.8, 4) is 0 Å². The summed E-state index contributed by atoms with van der Waals surface area (Å²) in [4.78, 5) is 53.2. The molecular formula is C35H44N6O4S. The van der Waals surface area contributed by atoms with Crippen LogP contribution in [-0.4, -0.2) is 88.5 Å². The fraction of sp³-hybridized carbons (Fsp3) is 0.571. The Kier molecular flexibility index (Phi) is 8.13. The highest BCUT2D eigenvalue weighted by Gasteiger charge is 2.59. The monoisotopic (exact) mass is 644 g/mol. The first-order chi connectivity index (χ1) is 21.9. The van der Waals surface area contributed by atoms with Crippen LogP contribution in [0.4, 0.5) is 0 Å². The molecule has 4 aliphatic rings. The van der Waals surface area contributed by atoms with E-state index in [0.29, 0.717) is 22.9 Å². The molecule has 2 unspecified atom stereocenters. The first-order valence-electron chi connectivity index (χ1n) is 16.6. The van der Waals surface area contributed by atoms with E-state index in [2.05, 4.69) is 47.3 Å². The van der Waals surface area contributed by atoms with Crippen molar-refractivity contribution in [3.05, 3.63) is 57.7 Å². The number of aryl methyl sites for hydroxylation is 1. The summed E-state index contributed by atoms with van der Waals surface area (Å²) in [5.74, 6) is -0.226. The molecule has 2 saturated heterocycles. The lowest BCUT2D eigenvalue weighted by Crippen LogP contribution is -2.57. The number of hydrogen-bond donors (Lipinski definition) is 3. The first kappa shape index (κ1) is 31.2. The smallest absolute Gasteiger partial charge is 0.307 e. The molecule has 46 heavy (non-hydrogen) atoms. The number of carbonyl (C=O) groups excluding carboxylic acids is 2. The highest BCUT2D eigenvalue weighted by Crippen LogP contribution is 2.51. The molecule has 11 heteroatoms. The van der Waals surface area contributed by atoms with Gasteiger partial charge in [-0.15, -0.1) is 0 Å². The summed E-state index contributed by atoms with van der Waals surface area (Å²) in [6.45, 7) is 10.8. The minimum Gasteiger partial charge on any atom is -0.481 e. The maximum atomic E-state index is 13.8. The van der Waals surface area contributed by atoms with Gasteiger partial charge in [0.15, 0.2) is 5.01 Å². The Hall–Kier alpha value is -3.41. The van der Waals surface area contributed by atoms with Gasteiger partial charge in [-0.05, 0) is 85.2 Å². The summed E-state index contributed by atoms with van der Waals surface area (Å²) in [5.41, 5.74) is 4.80. The van der Waals surface area contributed by atoms with E-state index in [0.717, 1.165) is 73.6 Å². The van der Waals surface area contributed by atoms with E-state index in [4.69, 9.17) is 9.97 Å². The number of rotatable bonds is 9. The van der Waals surface area contributed by atoms with Crippen molar-refractivity contribution in [1.82, 2.24) is 30.4 Å². The van der Waals surface area contributed by atoms with Crippen LogP contribution in [0.5, 0.6) is 0 Å². The third-order valence-corrected chi connectivity index (χ3v) is 11.7. The van der Waals surface area contributed by atoms with Crippen LogP contribution in [0.2, 0.25) is 0 Å². The summed E-state index contributed by atoms with van der Waals surface area (Å²) in [7, 11) is 2.03. The molecule has 0 radical (unpaired) electrons. The number of carboxylic acid groups (broad SMARTS) is 1. The van der Waals surface area contributed by atoms with E-state index in [1.165, 1.54) is 16.9 Å². The number of pyridine rings is 1. The highest BCUT2D eigenvalue weighted by atomic mass is 32.1. The molecule has 2 amide bonds. The van der Waals surface area contributed by atoms with Gasteiger partial charge in [-0.25, -0.2) is 9.97 Å². The van der Waals surface area contributed by atoms with Crippen LogP contribution in [0.1, 0.15) is 76.6 Å². The van der Waals surface area contributed by atoms with Crippen molar-refractivity contribution >= 4 is 39.5 Å². The Labute approximate surface area is 274 Å². The Morgan fingerprint density at radius 3 is 2.52 bits per heavy atom. The van der Waals surface area contributed by atoms with Crippen LogP contribution in [-0.2, 0) is 17.6 Å². The Morgan fingerprint density at radius 2 is 1.83 bits per heavy atom. The van der Waals surface area contributed by atoms with Crippen molar-refractivity contribution in [2.45, 2.75) is 58.5 Å². The number of hydrogen-bond acceptors (Lipinski definition) is 8. The van der Waals surface area contributed by atoms with Gasteiger partial charge < -0.3 is 25.5 Å². The van der Waals surface area contributed by atoms with Crippen LogP contribution < -0.4 is 10.6 Å². The molecule has 2 aliphatic heterocycles. The van der Waals surface area contributed by atoms with Gasteiger partial charge in [-0.1, -0.05) is 44.2 Å². The number of thiazole rings is 1. The molecule has 1 saturated carbocycles. The van der Waals surface area contributed by atoms with Crippen molar-refractivity contribution in [1.29, 1.82) is 0 Å². The molecule has 3 fully saturated rings. The van der Waals surface area contributed by atoms with Gasteiger partial charge in [0.1, 0.15) is 10.3 Å². The quantitative estimate of drug-likeness (QED) is 0.319. The molecule has 3 N–H and O–H groups in total. The number of amides is 2. The number of nitrogens with one attached hydrogen (secondary N) is 2. The number of fused-ring (bicyclic) bond motifs is 3. The number of likely N-dealkylation sites (N-methyl/N-ethyl adjacent to an activating group) is 1. The number of piperidine rings is 1. The minimum atomic E-state index is -0.691. The van der Waals surface area contributed by atoms with Crippen LogP contribution in [0.15, 0.2) is 30.3 Å². The normalized spacial score (nSPS) is 25.4. The van der Waals surface area contributed by atoms with Crippen LogP contribution in [0, 0.1) is 29.1 Å². The van der Waals surface area contributed by atoms with E-state index in [1.807, 2.05) is 31.3 Å². The Bertz CT molecular complexity index is 1660. The van der Waals surface area contributed by atoms with E-state index in [1.54, 1.807) is 0 Å². The molecular weight excluding hydrogens is 600 g/mol. The van der Waals surface area contributed by atoms with E-state index in [-0.39, 0.29) is 47.1 Å². The van der Waals surface area contributed by atoms with Gasteiger partial charge in [0.05, 0.1) is 18.0 Å². The number of carboxylic acids is 1. The molecule has 2 aromatic heterocycles. The number of benzene rings is 1. The summed E-state index contributed by atoms with van der Waals surface area (Å²) in [6, 6.07) is 9.45. The average molecular weight is 645 g/mol. The lowest BCUT2D eigenvalue weighted by Gasteiger charge is -2.36. The van der Waals surface area contributed by atoms with E-state index < -0.39 is 5.97 Å². The molecule has 7 rings (SSSR count). The maximum Gasteiger partial charge on any atom is 0.307 e. The van der Waals surface area contributed by atoms with Crippen molar-refractivity contribution in [3.63, 3.8) is 0 Å². The fourth-order valence-corrected chi connectivity index (χ4v) is 8.66. The van der Waals surface area contributed by atoms with Crippen molar-refractivity contribution in [2.75, 3.05) is 39.8 Å². The van der Waals surface area contributed by atoms with Gasteiger partial charge in [0.2, 0.25) is 0 Å². The highest BCUT2D eigenvalue weighted by molar-refractivity contribution is 7.19. The fourth-order valence-electron chi connectivity index (χ4n) is 7.82. The van der Waals surface area contributed by atoms with Crippen molar-refractivity contribution in [2.24, 2.45) is 29.1 Å². The second kappa shape index (κ2) is 12.0. The molecule has 4 heterocycles. The molecule has 1 aromatic carbocycles. The summed E-state index contributed by atoms with van der Waals surface area (Å²) in [5, 5.41) is 16.2. The summed E-state index contributed by atoms with van der Waals surface area (Å²) >= 11 is 1.33. The molecule has 0 spiro atoms. The van der Waals surface area contributed by atoms with E-state index in [9.17, 15) is 19.5 Å². The number of aliphatic carboxylic acids is 1. The third-order valence-electron chi connectivity index (χ3n) is 10.7. The molecule has 4 atom stereocenters. The van der Waals surface area contributed by atoms with Gasteiger partial charge >= 0.3 is 5.97 Å². The zero-order chi connectivity index (χ0) is 32.3. The molecule has 2 aliphatic carbocycles. The third kappa shape index (κ3) is 6.29. The molecule has 10 nitrogen and oxygen atoms in total. The number of nitrogens with zero attached hydrogens (tertiary/aromatic N) is 4. The number of aromatic nitrogens is 2. The minimum absolute atomic E-state index is 0.112. The second-order valence-corrected chi connectivity index (χ2v) is 16.0. The largest absolute Gasteiger partial charge is 0.481 e. The van der Waals surface area contributed by atoms with Crippen LogP contribution >= 0.6 is 11.3 Å². The van der Waals surface area contributed by atoms with Gasteiger partial charge in [-0.3, -0.25) is 14.4 Å². The molecule has 244 valence electrons. The number of likely N-dealkylation sites (tertiary alicyclic amines) is 2. The lowest BCUT2D eigenvalue weighted by molar-refractivity contribution is -0.139. The average Bonchev–Trinajstić information content (AvgIpc) is 3.29. The SMILES string of the molecule is CN1CC(NC(=O)c2cccc([C@@H](CCN3CC4C(C3)C4C(=O)O)NC(=O)c3nc4cc5c(nc4s3)CC[C@H](C(C)(C)C)C5)c2)C1. The maximum absolute atomic E-state index is 13.8. The predicted molar refractivity (Wildman–Crippen MR) is 177 cm³/mol. The van der Waals surface area contributed by atoms with E-state index >= 15 is 0 Å². The number of carbonyl (C=O) groups is 3. The van der Waals surface area contributed by atoms with Gasteiger partial charge in [0, 0.05) is 44.0 Å². The first-order valence-corrected chi connectivity index (χ1v) is 17.4. The lowest BCUT2D eigenvalue weighted by atomic mass is 9.71. The molecule has 3 aromatic rings. The van der Waals surface area contributed by atoms with Gasteiger partial charge in [-0.2, -0.15) is 0 Å². The zero-order valence-corrected chi connectivity index (χ0v) is 27.9. The standard InChI is InChI=1S/C35H44N6O4S/c1-35(2,3)22-8-9-26-21(13-22)14-28-32(38-26)46-33(39-28)31(43)37-27(10-11-41-17-24-25(18-41)29(24)34(44)45)19-6-5-7-20(12-19)30(42)36-23-15-40(4)16-23/h5-7,12,14,22-25,27,29H,8-11,13,15-18H2,1-4H3,(H,36,42)(H,37,43)(H,44,45)/t22-,24?,25?,27+,29?/m0/s1. The molecule has 0 bridgehead atoms. The van der Waals surface area contributed by atoms with Crippen molar-refractivity contribution < 1.29 is 19.5 Å². The summed E-state index contributed by atoms with van der Waals surface area (Å²) < 4.78 is 0. The summed E-state index contributed by atoms with van der Waals surface area (Å²) in [6.07, 6.45) is 3.68. The zero-order valence-electron chi connectivity index (χ0n) is 27.1. The topological polar surface area (TPSA) is 128 Å². The van der Waals surface area contributed by atoms with Crippen LogP contribution in [0.3, 0.4) is 0 Å².